The van der Waals surface area contributed by atoms with Crippen LogP contribution in [-0.4, -0.2) is 25.1 Å². The van der Waals surface area contributed by atoms with Crippen molar-refractivity contribution < 1.29 is 4.52 Å². The zero-order valence-corrected chi connectivity index (χ0v) is 15.3. The van der Waals surface area contributed by atoms with E-state index in [1.807, 2.05) is 12.1 Å². The first-order valence-electron chi connectivity index (χ1n) is 8.88. The van der Waals surface area contributed by atoms with Crippen molar-refractivity contribution in [2.75, 3.05) is 5.32 Å². The molecule has 1 aliphatic carbocycles. The number of nitrogens with zero attached hydrogens (tertiary/aromatic N) is 5. The van der Waals surface area contributed by atoms with Crippen molar-refractivity contribution in [3.8, 4) is 11.4 Å². The van der Waals surface area contributed by atoms with Gasteiger partial charge in [-0.2, -0.15) is 4.98 Å². The maximum atomic E-state index is 5.36. The Bertz CT molecular complexity index is 914. The number of nitrogens with one attached hydrogen (secondary N) is 1. The third-order valence-corrected chi connectivity index (χ3v) is 4.38. The number of rotatable bonds is 4. The predicted octanol–water partition coefficient (Wildman–Crippen LogP) is 3.32. The van der Waals surface area contributed by atoms with E-state index < -0.39 is 0 Å². The van der Waals surface area contributed by atoms with Gasteiger partial charge >= 0.3 is 0 Å². The molecule has 3 aromatic heterocycles. The average Bonchev–Trinajstić information content (AvgIpc) is 3.29. The predicted molar refractivity (Wildman–Crippen MR) is 97.6 cm³/mol. The largest absolute Gasteiger partial charge is 0.362 e. The highest BCUT2D eigenvalue weighted by atomic mass is 16.5. The van der Waals surface area contributed by atoms with Crippen LogP contribution in [0.1, 0.15) is 50.2 Å². The molecule has 1 N–H and O–H groups in total. The molecule has 26 heavy (non-hydrogen) atoms. The Morgan fingerprint density at radius 2 is 2.04 bits per heavy atom. The molecule has 0 saturated heterocycles. The van der Waals surface area contributed by atoms with E-state index in [0.29, 0.717) is 24.1 Å². The van der Waals surface area contributed by atoms with E-state index >= 15 is 0 Å². The summed E-state index contributed by atoms with van der Waals surface area (Å²) in [7, 11) is 0. The smallest absolute Gasteiger partial charge is 0.232 e. The second kappa shape index (κ2) is 6.48. The van der Waals surface area contributed by atoms with Crippen molar-refractivity contribution >= 4 is 5.82 Å². The molecule has 0 saturated carbocycles. The zero-order valence-electron chi connectivity index (χ0n) is 15.3. The summed E-state index contributed by atoms with van der Waals surface area (Å²) in [5.41, 5.74) is 3.07. The maximum Gasteiger partial charge on any atom is 0.232 e. The molecule has 0 bridgehead atoms. The summed E-state index contributed by atoms with van der Waals surface area (Å²) in [6.45, 7) is 6.62. The van der Waals surface area contributed by atoms with Gasteiger partial charge in [-0.05, 0) is 31.4 Å². The fourth-order valence-corrected chi connectivity index (χ4v) is 3.00. The van der Waals surface area contributed by atoms with Crippen LogP contribution >= 0.6 is 0 Å². The Hall–Kier alpha value is -2.83. The molecule has 7 heteroatoms. The highest BCUT2D eigenvalue weighted by Gasteiger charge is 2.23. The summed E-state index contributed by atoms with van der Waals surface area (Å²) in [6.07, 6.45) is 6.61. The van der Waals surface area contributed by atoms with E-state index in [4.69, 9.17) is 14.5 Å². The Morgan fingerprint density at radius 3 is 2.77 bits per heavy atom. The van der Waals surface area contributed by atoms with E-state index in [2.05, 4.69) is 41.2 Å². The van der Waals surface area contributed by atoms with Crippen molar-refractivity contribution in [3.05, 3.63) is 47.5 Å². The fraction of sp³-hybridized carbons (Fsp3) is 0.421. The quantitative estimate of drug-likeness (QED) is 0.772. The van der Waals surface area contributed by atoms with Gasteiger partial charge in [-0.1, -0.05) is 25.9 Å². The summed E-state index contributed by atoms with van der Waals surface area (Å²) in [5.74, 6) is 2.82. The lowest BCUT2D eigenvalue weighted by atomic mass is 9.97. The number of aromatic nitrogens is 5. The molecule has 0 spiro atoms. The van der Waals surface area contributed by atoms with Crippen LogP contribution in [0.15, 0.2) is 29.0 Å². The van der Waals surface area contributed by atoms with Gasteiger partial charge in [0.2, 0.25) is 5.89 Å². The molecule has 0 atom stereocenters. The van der Waals surface area contributed by atoms with Gasteiger partial charge in [0.15, 0.2) is 11.6 Å². The maximum absolute atomic E-state index is 5.36. The molecule has 7 nitrogen and oxygen atoms in total. The van der Waals surface area contributed by atoms with Crippen molar-refractivity contribution in [2.45, 2.75) is 52.0 Å². The highest BCUT2D eigenvalue weighted by Crippen LogP contribution is 2.29. The minimum absolute atomic E-state index is 0.158. The first kappa shape index (κ1) is 16.6. The normalized spacial score (nSPS) is 13.7. The summed E-state index contributed by atoms with van der Waals surface area (Å²) in [5, 5.41) is 7.45. The van der Waals surface area contributed by atoms with Gasteiger partial charge in [-0.25, -0.2) is 9.97 Å². The SMILES string of the molecule is CC(C)(C)c1nc(CNc2nc(-c3cccnc3)nc3c2CCC3)no1. The minimum atomic E-state index is -0.158. The molecule has 1 aliphatic rings. The third-order valence-electron chi connectivity index (χ3n) is 4.38. The Kier molecular flexibility index (Phi) is 4.14. The molecule has 0 aromatic carbocycles. The van der Waals surface area contributed by atoms with Crippen LogP contribution in [0.3, 0.4) is 0 Å². The van der Waals surface area contributed by atoms with E-state index in [-0.39, 0.29) is 5.41 Å². The van der Waals surface area contributed by atoms with Crippen LogP contribution in [0.4, 0.5) is 5.82 Å². The van der Waals surface area contributed by atoms with Crippen LogP contribution in [0.25, 0.3) is 11.4 Å². The summed E-state index contributed by atoms with van der Waals surface area (Å²) in [4.78, 5) is 18.1. The van der Waals surface area contributed by atoms with Gasteiger partial charge in [0.25, 0.3) is 0 Å². The van der Waals surface area contributed by atoms with E-state index in [9.17, 15) is 0 Å². The van der Waals surface area contributed by atoms with Crippen LogP contribution < -0.4 is 5.32 Å². The lowest BCUT2D eigenvalue weighted by Gasteiger charge is -2.11. The molecule has 3 heterocycles. The Labute approximate surface area is 152 Å². The summed E-state index contributed by atoms with van der Waals surface area (Å²) < 4.78 is 5.36. The lowest BCUT2D eigenvalue weighted by molar-refractivity contribution is 0.318. The van der Waals surface area contributed by atoms with Gasteiger partial charge in [-0.15, -0.1) is 0 Å². The monoisotopic (exact) mass is 350 g/mol. The third kappa shape index (κ3) is 3.29. The zero-order chi connectivity index (χ0) is 18.1. The van der Waals surface area contributed by atoms with Crippen molar-refractivity contribution in [1.82, 2.24) is 25.1 Å². The van der Waals surface area contributed by atoms with Crippen molar-refractivity contribution in [1.29, 1.82) is 0 Å². The molecule has 0 radical (unpaired) electrons. The fourth-order valence-electron chi connectivity index (χ4n) is 3.00. The standard InChI is InChI=1S/C19H22N6O/c1-19(2,3)18-23-15(25-26-18)11-21-17-13-7-4-8-14(13)22-16(24-17)12-6-5-9-20-10-12/h5-6,9-10H,4,7-8,11H2,1-3H3,(H,21,22,24). The van der Waals surface area contributed by atoms with Gasteiger partial charge in [0.1, 0.15) is 5.82 Å². The number of aryl methyl sites for hydroxylation is 1. The molecule has 0 fully saturated rings. The minimum Gasteiger partial charge on any atom is -0.362 e. The number of fused-ring (bicyclic) bond motifs is 1. The Balaban J connectivity index is 1.60. The second-order valence-corrected chi connectivity index (χ2v) is 7.54. The lowest BCUT2D eigenvalue weighted by Crippen LogP contribution is -2.12. The van der Waals surface area contributed by atoms with Crippen LogP contribution in [0.5, 0.6) is 0 Å². The average molecular weight is 350 g/mol. The van der Waals surface area contributed by atoms with Crippen LogP contribution in [0.2, 0.25) is 0 Å². The molecule has 134 valence electrons. The summed E-state index contributed by atoms with van der Waals surface area (Å²) >= 11 is 0. The molecular weight excluding hydrogens is 328 g/mol. The van der Waals surface area contributed by atoms with Gasteiger partial charge < -0.3 is 9.84 Å². The number of pyridine rings is 1. The van der Waals surface area contributed by atoms with Crippen molar-refractivity contribution in [3.63, 3.8) is 0 Å². The van der Waals surface area contributed by atoms with E-state index in [1.54, 1.807) is 12.4 Å². The van der Waals surface area contributed by atoms with E-state index in [1.165, 1.54) is 5.56 Å². The first-order valence-corrected chi connectivity index (χ1v) is 8.88. The molecule has 0 amide bonds. The van der Waals surface area contributed by atoms with Gasteiger partial charge in [0.05, 0.1) is 6.54 Å². The highest BCUT2D eigenvalue weighted by molar-refractivity contribution is 5.59. The van der Waals surface area contributed by atoms with Crippen LogP contribution in [0, 0.1) is 0 Å². The number of hydrogen-bond acceptors (Lipinski definition) is 7. The summed E-state index contributed by atoms with van der Waals surface area (Å²) in [6, 6.07) is 3.87. The molecule has 3 aromatic rings. The molecular formula is C19H22N6O. The molecule has 4 rings (SSSR count). The van der Waals surface area contributed by atoms with Gasteiger partial charge in [-0.3, -0.25) is 4.98 Å². The van der Waals surface area contributed by atoms with Gasteiger partial charge in [0, 0.05) is 34.6 Å². The number of anilines is 1. The second-order valence-electron chi connectivity index (χ2n) is 7.54. The number of hydrogen-bond donors (Lipinski definition) is 1. The Morgan fingerprint density at radius 1 is 1.15 bits per heavy atom. The van der Waals surface area contributed by atoms with E-state index in [0.717, 1.165) is 36.3 Å². The first-order chi connectivity index (χ1) is 12.5. The van der Waals surface area contributed by atoms with Crippen LogP contribution in [-0.2, 0) is 24.8 Å². The molecule has 0 aliphatic heterocycles. The van der Waals surface area contributed by atoms with Crippen molar-refractivity contribution in [2.24, 2.45) is 0 Å². The topological polar surface area (TPSA) is 89.6 Å². The molecule has 0 unspecified atom stereocenters.